The van der Waals surface area contributed by atoms with Crippen LogP contribution in [0.2, 0.25) is 0 Å². The number of amides is 2. The lowest BCUT2D eigenvalue weighted by Gasteiger charge is -2.31. The SMILES string of the molecule is CC1CCCN(C(=O)CCNC(=O)C2CCN(S(=O)(=O)/C=C/c3ccccc3)CC2)C1. The highest BCUT2D eigenvalue weighted by molar-refractivity contribution is 7.92. The zero-order chi connectivity index (χ0) is 22.3. The van der Waals surface area contributed by atoms with E-state index in [2.05, 4.69) is 12.2 Å². The molecule has 7 nitrogen and oxygen atoms in total. The fourth-order valence-electron chi connectivity index (χ4n) is 4.20. The van der Waals surface area contributed by atoms with E-state index in [1.807, 2.05) is 35.2 Å². The molecule has 2 saturated heterocycles. The molecule has 2 aliphatic heterocycles. The van der Waals surface area contributed by atoms with Crippen molar-refractivity contribution in [2.24, 2.45) is 11.8 Å². The topological polar surface area (TPSA) is 86.8 Å². The molecule has 0 aliphatic carbocycles. The van der Waals surface area contributed by atoms with E-state index < -0.39 is 10.0 Å². The molecule has 170 valence electrons. The number of benzene rings is 1. The molecule has 8 heteroatoms. The maximum absolute atomic E-state index is 12.6. The highest BCUT2D eigenvalue weighted by atomic mass is 32.2. The van der Waals surface area contributed by atoms with E-state index in [-0.39, 0.29) is 17.7 Å². The van der Waals surface area contributed by atoms with E-state index in [1.54, 1.807) is 6.08 Å². The van der Waals surface area contributed by atoms with Gasteiger partial charge in [-0.05, 0) is 43.2 Å². The molecule has 31 heavy (non-hydrogen) atoms. The number of rotatable bonds is 7. The molecular weight excluding hydrogens is 414 g/mol. The highest BCUT2D eigenvalue weighted by Crippen LogP contribution is 2.21. The molecule has 1 aromatic rings. The van der Waals surface area contributed by atoms with Crippen LogP contribution in [-0.4, -0.2) is 62.2 Å². The summed E-state index contributed by atoms with van der Waals surface area (Å²) in [5, 5.41) is 4.10. The second-order valence-corrected chi connectivity index (χ2v) is 10.4. The first kappa shape index (κ1) is 23.5. The average Bonchev–Trinajstić information content (AvgIpc) is 2.78. The van der Waals surface area contributed by atoms with Crippen molar-refractivity contribution in [1.29, 1.82) is 0 Å². The van der Waals surface area contributed by atoms with E-state index in [4.69, 9.17) is 0 Å². The van der Waals surface area contributed by atoms with Gasteiger partial charge in [0.15, 0.2) is 0 Å². The van der Waals surface area contributed by atoms with Crippen LogP contribution in [0.4, 0.5) is 0 Å². The van der Waals surface area contributed by atoms with Crippen molar-refractivity contribution >= 4 is 27.9 Å². The number of hydrogen-bond acceptors (Lipinski definition) is 4. The van der Waals surface area contributed by atoms with Crippen LogP contribution in [0.1, 0.15) is 44.6 Å². The number of likely N-dealkylation sites (tertiary alicyclic amines) is 1. The summed E-state index contributed by atoms with van der Waals surface area (Å²) in [5.41, 5.74) is 0.828. The third-order valence-corrected chi connectivity index (χ3v) is 7.63. The third-order valence-electron chi connectivity index (χ3n) is 6.06. The van der Waals surface area contributed by atoms with Crippen LogP contribution in [0.15, 0.2) is 35.7 Å². The van der Waals surface area contributed by atoms with Crippen LogP contribution in [-0.2, 0) is 19.6 Å². The molecule has 2 fully saturated rings. The van der Waals surface area contributed by atoms with Gasteiger partial charge < -0.3 is 10.2 Å². The largest absolute Gasteiger partial charge is 0.355 e. The van der Waals surface area contributed by atoms with Gasteiger partial charge in [0, 0.05) is 50.5 Å². The molecule has 1 N–H and O–H groups in total. The summed E-state index contributed by atoms with van der Waals surface area (Å²) in [6.45, 7) is 4.75. The number of sulfonamides is 1. The van der Waals surface area contributed by atoms with Gasteiger partial charge in [-0.15, -0.1) is 0 Å². The molecule has 0 aromatic heterocycles. The lowest BCUT2D eigenvalue weighted by molar-refractivity contribution is -0.133. The number of carbonyl (C=O) groups excluding carboxylic acids is 2. The molecule has 1 aromatic carbocycles. The van der Waals surface area contributed by atoms with Crippen LogP contribution in [0.25, 0.3) is 6.08 Å². The maximum atomic E-state index is 12.6. The van der Waals surface area contributed by atoms with Crippen LogP contribution in [0, 0.1) is 11.8 Å². The maximum Gasteiger partial charge on any atom is 0.236 e. The summed E-state index contributed by atoms with van der Waals surface area (Å²) in [6, 6.07) is 9.29. The Morgan fingerprint density at radius 2 is 1.81 bits per heavy atom. The van der Waals surface area contributed by atoms with Crippen molar-refractivity contribution in [3.8, 4) is 0 Å². The number of hydrogen-bond donors (Lipinski definition) is 1. The molecule has 0 bridgehead atoms. The van der Waals surface area contributed by atoms with Gasteiger partial charge in [0.1, 0.15) is 0 Å². The molecule has 3 rings (SSSR count). The van der Waals surface area contributed by atoms with Gasteiger partial charge in [0.05, 0.1) is 0 Å². The molecule has 1 atom stereocenters. The predicted molar refractivity (Wildman–Crippen MR) is 121 cm³/mol. The fourth-order valence-corrected chi connectivity index (χ4v) is 5.42. The Hall–Kier alpha value is -2.19. The molecule has 0 saturated carbocycles. The first-order chi connectivity index (χ1) is 14.8. The minimum Gasteiger partial charge on any atom is -0.355 e. The molecule has 2 aliphatic rings. The first-order valence-corrected chi connectivity index (χ1v) is 12.6. The van der Waals surface area contributed by atoms with Crippen molar-refractivity contribution in [1.82, 2.24) is 14.5 Å². The first-order valence-electron chi connectivity index (χ1n) is 11.1. The molecule has 0 radical (unpaired) electrons. The van der Waals surface area contributed by atoms with E-state index in [9.17, 15) is 18.0 Å². The Labute approximate surface area is 185 Å². The van der Waals surface area contributed by atoms with Crippen molar-refractivity contribution < 1.29 is 18.0 Å². The quantitative estimate of drug-likeness (QED) is 0.696. The summed E-state index contributed by atoms with van der Waals surface area (Å²) in [6.07, 6.45) is 5.09. The molecular formula is C23H33N3O4S. The van der Waals surface area contributed by atoms with Crippen LogP contribution >= 0.6 is 0 Å². The molecule has 1 unspecified atom stereocenters. The third kappa shape index (κ3) is 6.90. The van der Waals surface area contributed by atoms with Crippen molar-refractivity contribution in [3.05, 3.63) is 41.3 Å². The monoisotopic (exact) mass is 447 g/mol. The Balaban J connectivity index is 1.40. The Kier molecular flexibility index (Phi) is 8.26. The lowest BCUT2D eigenvalue weighted by Crippen LogP contribution is -2.43. The Morgan fingerprint density at radius 1 is 1.10 bits per heavy atom. The van der Waals surface area contributed by atoms with Crippen molar-refractivity contribution in [2.75, 3.05) is 32.7 Å². The summed E-state index contributed by atoms with van der Waals surface area (Å²) in [4.78, 5) is 26.7. The zero-order valence-corrected chi connectivity index (χ0v) is 19.0. The number of nitrogens with zero attached hydrogens (tertiary/aromatic N) is 2. The van der Waals surface area contributed by atoms with Crippen molar-refractivity contribution in [3.63, 3.8) is 0 Å². The number of nitrogens with one attached hydrogen (secondary N) is 1. The normalized spacial score (nSPS) is 21.3. The minimum absolute atomic E-state index is 0.0864. The molecule has 0 spiro atoms. The molecule has 2 heterocycles. The summed E-state index contributed by atoms with van der Waals surface area (Å²) in [7, 11) is -3.50. The van der Waals surface area contributed by atoms with Crippen molar-refractivity contribution in [2.45, 2.75) is 39.0 Å². The van der Waals surface area contributed by atoms with Gasteiger partial charge >= 0.3 is 0 Å². The van der Waals surface area contributed by atoms with Gasteiger partial charge in [-0.1, -0.05) is 37.3 Å². The second-order valence-electron chi connectivity index (χ2n) is 8.56. The fraction of sp³-hybridized carbons (Fsp3) is 0.565. The Bertz CT molecular complexity index is 877. The van der Waals surface area contributed by atoms with Gasteiger partial charge in [0.25, 0.3) is 0 Å². The zero-order valence-electron chi connectivity index (χ0n) is 18.2. The van der Waals surface area contributed by atoms with E-state index in [0.29, 0.717) is 44.8 Å². The minimum atomic E-state index is -3.50. The van der Waals surface area contributed by atoms with Crippen LogP contribution in [0.5, 0.6) is 0 Å². The second kappa shape index (κ2) is 10.9. The van der Waals surface area contributed by atoms with E-state index in [0.717, 1.165) is 31.5 Å². The van der Waals surface area contributed by atoms with E-state index >= 15 is 0 Å². The van der Waals surface area contributed by atoms with Gasteiger partial charge in [-0.25, -0.2) is 8.42 Å². The smallest absolute Gasteiger partial charge is 0.236 e. The van der Waals surface area contributed by atoms with Crippen LogP contribution < -0.4 is 5.32 Å². The Morgan fingerprint density at radius 3 is 2.48 bits per heavy atom. The summed E-state index contributed by atoms with van der Waals surface area (Å²) < 4.78 is 26.5. The van der Waals surface area contributed by atoms with Gasteiger partial charge in [-0.2, -0.15) is 4.31 Å². The number of piperidine rings is 2. The number of carbonyl (C=O) groups is 2. The van der Waals surface area contributed by atoms with Gasteiger partial charge in [-0.3, -0.25) is 9.59 Å². The lowest BCUT2D eigenvalue weighted by atomic mass is 9.97. The summed E-state index contributed by atoms with van der Waals surface area (Å²) >= 11 is 0. The highest BCUT2D eigenvalue weighted by Gasteiger charge is 2.30. The summed E-state index contributed by atoms with van der Waals surface area (Å²) in [5.74, 6) is 0.334. The standard InChI is InChI=1S/C23H33N3O4S/c1-19-6-5-14-25(18-19)22(27)9-13-24-23(28)21-10-15-26(16-11-21)31(29,30)17-12-20-7-3-2-4-8-20/h2-4,7-8,12,17,19,21H,5-6,9-11,13-16,18H2,1H3,(H,24,28)/b17-12+. The van der Waals surface area contributed by atoms with Gasteiger partial charge in [0.2, 0.25) is 21.8 Å². The average molecular weight is 448 g/mol. The molecule has 2 amide bonds. The predicted octanol–water partition coefficient (Wildman–Crippen LogP) is 2.46. The van der Waals surface area contributed by atoms with Crippen LogP contribution in [0.3, 0.4) is 0 Å². The van der Waals surface area contributed by atoms with E-state index in [1.165, 1.54) is 9.71 Å².